The third-order valence-electron chi connectivity index (χ3n) is 3.90. The van der Waals surface area contributed by atoms with Gasteiger partial charge in [-0.25, -0.2) is 19.4 Å². The Morgan fingerprint density at radius 2 is 1.68 bits per heavy atom. The minimum atomic E-state index is -0.730. The molecule has 0 saturated heterocycles. The van der Waals surface area contributed by atoms with E-state index in [0.717, 1.165) is 0 Å². The Morgan fingerprint density at radius 1 is 0.964 bits per heavy atom. The molecule has 0 unspecified atom stereocenters. The van der Waals surface area contributed by atoms with Crippen molar-refractivity contribution in [3.63, 3.8) is 0 Å². The number of ether oxygens (including phenoxy) is 3. The van der Waals surface area contributed by atoms with Gasteiger partial charge in [0.15, 0.2) is 5.58 Å². The van der Waals surface area contributed by atoms with Gasteiger partial charge in [0.25, 0.3) is 0 Å². The number of carbonyl (C=O) groups excluding carboxylic acids is 3. The highest BCUT2D eigenvalue weighted by molar-refractivity contribution is 6.05. The van der Waals surface area contributed by atoms with Crippen molar-refractivity contribution in [3.05, 3.63) is 59.8 Å². The van der Waals surface area contributed by atoms with Crippen LogP contribution in [0.1, 0.15) is 10.7 Å². The lowest BCUT2D eigenvalue weighted by Gasteiger charge is -2.22. The fourth-order valence-electron chi connectivity index (χ4n) is 2.61. The maximum atomic E-state index is 12.4. The van der Waals surface area contributed by atoms with E-state index in [4.69, 9.17) is 13.9 Å². The van der Waals surface area contributed by atoms with Gasteiger partial charge in [0.1, 0.15) is 11.2 Å². The molecule has 0 atom stereocenters. The van der Waals surface area contributed by atoms with Gasteiger partial charge in [0.2, 0.25) is 0 Å². The summed E-state index contributed by atoms with van der Waals surface area (Å²) in [6, 6.07) is 4.82. The first kappa shape index (κ1) is 18.9. The molecule has 0 bridgehead atoms. The Labute approximate surface area is 159 Å². The summed E-state index contributed by atoms with van der Waals surface area (Å²) in [5.74, 6) is -2.32. The number of benzene rings is 1. The number of aromatic nitrogens is 1. The SMILES string of the molecule is COC(=O)C1=C(C(=O)OC)N(c2ccc3oc(C(=O)OC)nc3c2)C=CC=C1. The van der Waals surface area contributed by atoms with Crippen molar-refractivity contribution in [2.75, 3.05) is 26.2 Å². The van der Waals surface area contributed by atoms with Crippen LogP contribution in [0.25, 0.3) is 11.1 Å². The number of carbonyl (C=O) groups is 3. The summed E-state index contributed by atoms with van der Waals surface area (Å²) in [5.41, 5.74) is 1.20. The highest BCUT2D eigenvalue weighted by Crippen LogP contribution is 2.29. The van der Waals surface area contributed by atoms with Crippen molar-refractivity contribution in [2.45, 2.75) is 0 Å². The summed E-state index contributed by atoms with van der Waals surface area (Å²) in [4.78, 5) is 41.8. The molecule has 0 spiro atoms. The zero-order chi connectivity index (χ0) is 20.3. The Morgan fingerprint density at radius 3 is 2.36 bits per heavy atom. The van der Waals surface area contributed by atoms with Crippen molar-refractivity contribution in [2.24, 2.45) is 0 Å². The van der Waals surface area contributed by atoms with Crippen LogP contribution in [0.5, 0.6) is 0 Å². The van der Waals surface area contributed by atoms with Crippen molar-refractivity contribution >= 4 is 34.7 Å². The van der Waals surface area contributed by atoms with E-state index in [0.29, 0.717) is 16.8 Å². The molecule has 0 amide bonds. The molecule has 1 aromatic heterocycles. The predicted molar refractivity (Wildman–Crippen MR) is 97.2 cm³/mol. The smallest absolute Gasteiger partial charge is 0.394 e. The van der Waals surface area contributed by atoms with Crippen molar-refractivity contribution < 1.29 is 33.0 Å². The molecule has 0 fully saturated rings. The van der Waals surface area contributed by atoms with Crippen LogP contribution in [0.2, 0.25) is 0 Å². The highest BCUT2D eigenvalue weighted by Gasteiger charge is 2.28. The van der Waals surface area contributed by atoms with Crippen molar-refractivity contribution in [3.8, 4) is 0 Å². The second-order valence-corrected chi connectivity index (χ2v) is 5.48. The number of hydrogen-bond donors (Lipinski definition) is 0. The maximum Gasteiger partial charge on any atom is 0.394 e. The number of fused-ring (bicyclic) bond motifs is 1. The number of anilines is 1. The molecule has 0 radical (unpaired) electrons. The summed E-state index contributed by atoms with van der Waals surface area (Å²) in [5, 5.41) is 0. The standard InChI is InChI=1S/C19H16N2O7/c1-25-17(22)12-6-4-5-9-21(15(12)18(23)26-2)11-7-8-14-13(10-11)20-16(28-14)19(24)27-3/h4-10H,1-3H3. The molecule has 0 N–H and O–H groups in total. The Hall–Kier alpha value is -3.88. The highest BCUT2D eigenvalue weighted by atomic mass is 16.5. The number of nitrogens with zero attached hydrogens (tertiary/aromatic N) is 2. The van der Waals surface area contributed by atoms with Gasteiger partial charge in [-0.15, -0.1) is 0 Å². The van der Waals surface area contributed by atoms with Crippen LogP contribution < -0.4 is 4.90 Å². The van der Waals surface area contributed by atoms with Crippen LogP contribution in [0, 0.1) is 0 Å². The van der Waals surface area contributed by atoms with E-state index in [9.17, 15) is 14.4 Å². The van der Waals surface area contributed by atoms with E-state index in [1.165, 1.54) is 32.3 Å². The van der Waals surface area contributed by atoms with E-state index in [2.05, 4.69) is 9.72 Å². The summed E-state index contributed by atoms with van der Waals surface area (Å²) in [6.07, 6.45) is 6.28. The largest absolute Gasteiger partial charge is 0.465 e. The summed E-state index contributed by atoms with van der Waals surface area (Å²) in [6.45, 7) is 0. The molecule has 9 heteroatoms. The number of rotatable bonds is 4. The second-order valence-electron chi connectivity index (χ2n) is 5.48. The fourth-order valence-corrected chi connectivity index (χ4v) is 2.61. The van der Waals surface area contributed by atoms with Crippen LogP contribution in [0.3, 0.4) is 0 Å². The average molecular weight is 384 g/mol. The molecule has 9 nitrogen and oxygen atoms in total. The summed E-state index contributed by atoms with van der Waals surface area (Å²) >= 11 is 0. The Kier molecular flexibility index (Phi) is 5.25. The molecular formula is C19H16N2O7. The predicted octanol–water partition coefficient (Wildman–Crippen LogP) is 2.10. The van der Waals surface area contributed by atoms with Crippen LogP contribution in [0.4, 0.5) is 5.69 Å². The van der Waals surface area contributed by atoms with Gasteiger partial charge in [-0.05, 0) is 30.4 Å². The third-order valence-corrected chi connectivity index (χ3v) is 3.90. The zero-order valence-electron chi connectivity index (χ0n) is 15.3. The normalized spacial score (nSPS) is 13.5. The van der Waals surface area contributed by atoms with Crippen molar-refractivity contribution in [1.29, 1.82) is 0 Å². The van der Waals surface area contributed by atoms with Gasteiger partial charge >= 0.3 is 23.8 Å². The second kappa shape index (κ2) is 7.78. The molecule has 1 aliphatic heterocycles. The number of methoxy groups -OCH3 is 3. The van der Waals surface area contributed by atoms with Crippen LogP contribution in [-0.4, -0.2) is 44.2 Å². The first-order valence-electron chi connectivity index (χ1n) is 8.04. The van der Waals surface area contributed by atoms with Crippen LogP contribution in [-0.2, 0) is 23.8 Å². The first-order valence-corrected chi connectivity index (χ1v) is 8.04. The molecule has 1 aromatic carbocycles. The van der Waals surface area contributed by atoms with Crippen LogP contribution >= 0.6 is 0 Å². The Bertz CT molecular complexity index is 1050. The molecule has 1 aliphatic rings. The fraction of sp³-hybridized carbons (Fsp3) is 0.158. The zero-order valence-corrected chi connectivity index (χ0v) is 15.3. The van der Waals surface area contributed by atoms with Gasteiger partial charge in [0, 0.05) is 11.9 Å². The quantitative estimate of drug-likeness (QED) is 0.578. The summed E-state index contributed by atoms with van der Waals surface area (Å²) in [7, 11) is 3.65. The number of esters is 3. The number of oxazole rings is 1. The lowest BCUT2D eigenvalue weighted by atomic mass is 10.1. The molecule has 2 heterocycles. The Balaban J connectivity index is 2.15. The molecule has 144 valence electrons. The molecule has 28 heavy (non-hydrogen) atoms. The molecule has 2 aromatic rings. The van der Waals surface area contributed by atoms with E-state index in [-0.39, 0.29) is 17.2 Å². The van der Waals surface area contributed by atoms with Gasteiger partial charge in [-0.3, -0.25) is 0 Å². The molecule has 0 aliphatic carbocycles. The van der Waals surface area contributed by atoms with Gasteiger partial charge in [-0.2, -0.15) is 0 Å². The van der Waals surface area contributed by atoms with E-state index < -0.39 is 17.9 Å². The minimum Gasteiger partial charge on any atom is -0.465 e. The monoisotopic (exact) mass is 384 g/mol. The molecular weight excluding hydrogens is 368 g/mol. The van der Waals surface area contributed by atoms with E-state index in [1.807, 2.05) is 0 Å². The summed E-state index contributed by atoms with van der Waals surface area (Å²) < 4.78 is 19.6. The number of hydrogen-bond acceptors (Lipinski definition) is 9. The average Bonchev–Trinajstić information content (AvgIpc) is 3.02. The molecule has 3 rings (SSSR count). The minimum absolute atomic E-state index is 0.0230. The topological polar surface area (TPSA) is 108 Å². The van der Waals surface area contributed by atoms with Gasteiger partial charge < -0.3 is 23.5 Å². The number of allylic oxidation sites excluding steroid dienone is 2. The first-order chi connectivity index (χ1) is 13.5. The van der Waals surface area contributed by atoms with Crippen LogP contribution in [0.15, 0.2) is 58.3 Å². The van der Waals surface area contributed by atoms with E-state index >= 15 is 0 Å². The van der Waals surface area contributed by atoms with Gasteiger partial charge in [-0.1, -0.05) is 6.08 Å². The van der Waals surface area contributed by atoms with E-state index in [1.54, 1.807) is 36.6 Å². The lowest BCUT2D eigenvalue weighted by molar-refractivity contribution is -0.139. The van der Waals surface area contributed by atoms with Gasteiger partial charge in [0.05, 0.1) is 26.9 Å². The lowest BCUT2D eigenvalue weighted by Crippen LogP contribution is -2.26. The molecule has 0 saturated carbocycles. The van der Waals surface area contributed by atoms with Crippen molar-refractivity contribution in [1.82, 2.24) is 4.98 Å². The maximum absolute atomic E-state index is 12.4. The third kappa shape index (κ3) is 3.37.